The number of hydrogen-bond donors (Lipinski definition) is 2. The molecule has 0 aromatic heterocycles. The molecule has 0 fully saturated rings. The van der Waals surface area contributed by atoms with Gasteiger partial charge in [0.15, 0.2) is 11.6 Å². The molecule has 0 radical (unpaired) electrons. The van der Waals surface area contributed by atoms with Crippen LogP contribution in [0.3, 0.4) is 0 Å². The minimum atomic E-state index is -0.187. The van der Waals surface area contributed by atoms with E-state index in [1.807, 2.05) is 0 Å². The van der Waals surface area contributed by atoms with Crippen LogP contribution in [0.25, 0.3) is 0 Å². The molecule has 23 heavy (non-hydrogen) atoms. The molecule has 0 heterocycles. The summed E-state index contributed by atoms with van der Waals surface area (Å²) in [6, 6.07) is 0. The van der Waals surface area contributed by atoms with Crippen LogP contribution in [0.5, 0.6) is 0 Å². The fraction of sp³-hybridized carbons (Fsp3) is 0.625. The van der Waals surface area contributed by atoms with E-state index in [0.717, 1.165) is 12.2 Å². The van der Waals surface area contributed by atoms with E-state index in [-0.39, 0.29) is 57.0 Å². The van der Waals surface area contributed by atoms with Crippen LogP contribution in [0.1, 0.15) is 55.4 Å². The van der Waals surface area contributed by atoms with Crippen molar-refractivity contribution in [3.05, 3.63) is 23.7 Å². The van der Waals surface area contributed by atoms with Crippen molar-refractivity contribution in [2.45, 2.75) is 67.6 Å². The van der Waals surface area contributed by atoms with E-state index in [0.29, 0.717) is 0 Å². The van der Waals surface area contributed by atoms with Gasteiger partial charge in [-0.25, -0.2) is 0 Å². The van der Waals surface area contributed by atoms with Crippen LogP contribution in [0, 0.1) is 0 Å². The Balaban J connectivity index is -0.0000000639. The van der Waals surface area contributed by atoms with Crippen molar-refractivity contribution in [1.29, 1.82) is 0 Å². The first kappa shape index (κ1) is 33.6. The zero-order valence-electron chi connectivity index (χ0n) is 15.3. The third kappa shape index (κ3) is 154. The van der Waals surface area contributed by atoms with Gasteiger partial charge in [-0.05, 0) is 53.7 Å². The molecular formula is C16H30O6Ti+2. The number of aliphatic hydroxyl groups excluding tert-OH is 2. The van der Waals surface area contributed by atoms with Gasteiger partial charge in [0.2, 0.25) is 0 Å². The first-order valence-electron chi connectivity index (χ1n) is 6.80. The molecule has 0 amide bonds. The molecule has 0 unspecified atom stereocenters. The predicted octanol–water partition coefficient (Wildman–Crippen LogP) is 0.451. The number of carbonyl (C=O) groups is 2. The smallest absolute Gasteiger partial charge is 0.876 e. The van der Waals surface area contributed by atoms with Crippen LogP contribution in [-0.4, -0.2) is 34.0 Å². The second-order valence-electron chi connectivity index (χ2n) is 4.92. The van der Waals surface area contributed by atoms with Crippen LogP contribution in [-0.2, 0) is 31.3 Å². The SMILES string of the molecule is CC(=O)/C=C(/C)[O-].CC(=O)/C=C(/C)[O-].CC(C)O.CC(C)O.[Ti+4]. The molecule has 0 aromatic carbocycles. The maximum atomic E-state index is 9.98. The van der Waals surface area contributed by atoms with Crippen molar-refractivity contribution < 1.29 is 51.7 Å². The zero-order valence-corrected chi connectivity index (χ0v) is 16.9. The van der Waals surface area contributed by atoms with Gasteiger partial charge < -0.3 is 20.4 Å². The summed E-state index contributed by atoms with van der Waals surface area (Å²) in [7, 11) is 0. The van der Waals surface area contributed by atoms with Gasteiger partial charge in [0.25, 0.3) is 0 Å². The van der Waals surface area contributed by atoms with E-state index in [1.54, 1.807) is 27.7 Å². The molecule has 132 valence electrons. The van der Waals surface area contributed by atoms with E-state index >= 15 is 0 Å². The molecule has 0 bridgehead atoms. The molecule has 0 aromatic rings. The minimum Gasteiger partial charge on any atom is -0.876 e. The number of allylic oxidation sites excluding steroid dienone is 4. The van der Waals surface area contributed by atoms with Crippen molar-refractivity contribution >= 4 is 11.6 Å². The Morgan fingerprint density at radius 3 is 0.870 bits per heavy atom. The van der Waals surface area contributed by atoms with Gasteiger partial charge in [-0.2, -0.15) is 0 Å². The second-order valence-corrected chi connectivity index (χ2v) is 4.92. The predicted molar refractivity (Wildman–Crippen MR) is 83.6 cm³/mol. The van der Waals surface area contributed by atoms with Crippen LogP contribution in [0.4, 0.5) is 0 Å². The van der Waals surface area contributed by atoms with Crippen LogP contribution in [0.2, 0.25) is 0 Å². The summed E-state index contributed by atoms with van der Waals surface area (Å²) in [5.74, 6) is -0.750. The number of hydrogen-bond acceptors (Lipinski definition) is 6. The summed E-state index contributed by atoms with van der Waals surface area (Å²) in [6.45, 7) is 12.3. The van der Waals surface area contributed by atoms with Gasteiger partial charge in [-0.15, -0.1) is 11.5 Å². The zero-order chi connectivity index (χ0) is 18.9. The average molecular weight is 366 g/mol. The number of aliphatic hydroxyl groups is 2. The molecule has 7 heteroatoms. The Hall–Kier alpha value is -0.946. The Bertz CT molecular complexity index is 299. The number of rotatable bonds is 2. The first-order valence-corrected chi connectivity index (χ1v) is 6.80. The van der Waals surface area contributed by atoms with E-state index in [4.69, 9.17) is 10.2 Å². The topological polar surface area (TPSA) is 121 Å². The molecule has 0 aliphatic rings. The fourth-order valence-corrected chi connectivity index (χ4v) is 0.572. The van der Waals surface area contributed by atoms with Gasteiger partial charge in [-0.1, -0.05) is 13.8 Å². The van der Waals surface area contributed by atoms with Crippen molar-refractivity contribution in [3.8, 4) is 0 Å². The summed E-state index contributed by atoms with van der Waals surface area (Å²) >= 11 is 0. The molecular weight excluding hydrogens is 336 g/mol. The monoisotopic (exact) mass is 366 g/mol. The van der Waals surface area contributed by atoms with E-state index in [1.165, 1.54) is 27.7 Å². The Labute approximate surface area is 154 Å². The van der Waals surface area contributed by atoms with E-state index in [2.05, 4.69) is 0 Å². The summed E-state index contributed by atoms with van der Waals surface area (Å²) in [6.07, 6.45) is 1.78. The van der Waals surface area contributed by atoms with Crippen molar-refractivity contribution in [2.75, 3.05) is 0 Å². The quantitative estimate of drug-likeness (QED) is 0.416. The fourth-order valence-electron chi connectivity index (χ4n) is 0.572. The van der Waals surface area contributed by atoms with Crippen molar-refractivity contribution in [3.63, 3.8) is 0 Å². The maximum Gasteiger partial charge on any atom is 4.00 e. The normalized spacial score (nSPS) is 10.1. The van der Waals surface area contributed by atoms with Gasteiger partial charge >= 0.3 is 21.7 Å². The Morgan fingerprint density at radius 2 is 0.870 bits per heavy atom. The molecule has 0 aliphatic heterocycles. The average Bonchev–Trinajstić information content (AvgIpc) is 2.10. The molecule has 0 atom stereocenters. The standard InChI is InChI=1S/2C5H8O2.2C3H8O.Ti/c2*1-4(6)3-5(2)7;2*1-3(2)4;/h2*3,6H,1-2H3;2*3-4H,1-2H3;/q;;;;+4/p-2/b2*4-3-;;;. The second kappa shape index (κ2) is 23.3. The van der Waals surface area contributed by atoms with Gasteiger partial charge in [0, 0.05) is 12.2 Å². The number of ketones is 2. The van der Waals surface area contributed by atoms with Gasteiger partial charge in [0.1, 0.15) is 0 Å². The van der Waals surface area contributed by atoms with E-state index in [9.17, 15) is 19.8 Å². The minimum absolute atomic E-state index is 0. The molecule has 2 N–H and O–H groups in total. The Morgan fingerprint density at radius 1 is 0.739 bits per heavy atom. The van der Waals surface area contributed by atoms with Gasteiger partial charge in [-0.3, -0.25) is 9.59 Å². The van der Waals surface area contributed by atoms with Crippen molar-refractivity contribution in [2.24, 2.45) is 0 Å². The summed E-state index contributed by atoms with van der Waals surface area (Å²) in [5.41, 5.74) is 0. The van der Waals surface area contributed by atoms with Gasteiger partial charge in [0.05, 0.1) is 0 Å². The summed E-state index contributed by atoms with van der Waals surface area (Å²) in [5, 5.41) is 36.1. The molecule has 6 nitrogen and oxygen atoms in total. The Kier molecular flexibility index (Phi) is 34.1. The van der Waals surface area contributed by atoms with Crippen molar-refractivity contribution in [1.82, 2.24) is 0 Å². The van der Waals surface area contributed by atoms with E-state index < -0.39 is 0 Å². The molecule has 0 rings (SSSR count). The number of carbonyl (C=O) groups excluding carboxylic acids is 2. The third-order valence-electron chi connectivity index (χ3n) is 0.813. The van der Waals surface area contributed by atoms with Crippen LogP contribution < -0.4 is 10.2 Å². The first-order chi connectivity index (χ1) is 9.72. The largest absolute Gasteiger partial charge is 4.00 e. The van der Waals surface area contributed by atoms with Crippen LogP contribution >= 0.6 is 0 Å². The summed E-state index contributed by atoms with van der Waals surface area (Å²) in [4.78, 5) is 20.0. The molecule has 0 spiro atoms. The molecule has 0 saturated heterocycles. The van der Waals surface area contributed by atoms with Crippen LogP contribution in [0.15, 0.2) is 23.7 Å². The maximum absolute atomic E-state index is 9.98. The summed E-state index contributed by atoms with van der Waals surface area (Å²) < 4.78 is 0. The molecule has 0 aliphatic carbocycles. The third-order valence-corrected chi connectivity index (χ3v) is 0.813. The molecule has 0 saturated carbocycles.